The molecule has 0 saturated carbocycles. The summed E-state index contributed by atoms with van der Waals surface area (Å²) in [5.74, 6) is -2.78. The van der Waals surface area contributed by atoms with Crippen LogP contribution in [0.4, 0.5) is 14.5 Å². The van der Waals surface area contributed by atoms with Gasteiger partial charge >= 0.3 is 0 Å². The summed E-state index contributed by atoms with van der Waals surface area (Å²) >= 11 is 0. The molecule has 1 fully saturated rings. The normalized spacial score (nSPS) is 20.3. The quantitative estimate of drug-likeness (QED) is 0.734. The monoisotopic (exact) mass is 327 g/mol. The zero-order chi connectivity index (χ0) is 17.0. The van der Waals surface area contributed by atoms with Crippen molar-refractivity contribution in [2.75, 3.05) is 25.0 Å². The number of aliphatic hydroxyl groups is 1. The predicted molar refractivity (Wildman–Crippen MR) is 79.7 cm³/mol. The van der Waals surface area contributed by atoms with Gasteiger partial charge < -0.3 is 20.6 Å². The predicted octanol–water partition coefficient (Wildman–Crippen LogP) is 0.475. The average Bonchev–Trinajstić information content (AvgIpc) is 2.94. The molecule has 0 aromatic heterocycles. The Bertz CT molecular complexity index is 577. The lowest BCUT2D eigenvalue weighted by Gasteiger charge is -2.23. The summed E-state index contributed by atoms with van der Waals surface area (Å²) in [5, 5.41) is 14.5. The molecule has 2 unspecified atom stereocenters. The number of hydrogen-bond acceptors (Lipinski definition) is 4. The van der Waals surface area contributed by atoms with Gasteiger partial charge in [-0.3, -0.25) is 9.59 Å². The summed E-state index contributed by atoms with van der Waals surface area (Å²) in [6.07, 6.45) is -0.317. The van der Waals surface area contributed by atoms with E-state index in [4.69, 9.17) is 0 Å². The minimum Gasteiger partial charge on any atom is -0.392 e. The molecule has 6 nitrogen and oxygen atoms in total. The molecule has 1 aliphatic heterocycles. The van der Waals surface area contributed by atoms with Gasteiger partial charge in [0.25, 0.3) is 0 Å². The molecular weight excluding hydrogens is 308 g/mol. The topological polar surface area (TPSA) is 81.7 Å². The fraction of sp³-hybridized carbons (Fsp3) is 0.467. The Morgan fingerprint density at radius 3 is 2.57 bits per heavy atom. The van der Waals surface area contributed by atoms with Gasteiger partial charge in [0.05, 0.1) is 18.7 Å². The maximum absolute atomic E-state index is 13.5. The van der Waals surface area contributed by atoms with Gasteiger partial charge in [-0.25, -0.2) is 8.78 Å². The Hall–Kier alpha value is -2.06. The molecule has 2 amide bonds. The van der Waals surface area contributed by atoms with Gasteiger partial charge in [0.15, 0.2) is 0 Å². The molecule has 0 radical (unpaired) electrons. The fourth-order valence-corrected chi connectivity index (χ4v) is 2.44. The molecule has 1 heterocycles. The van der Waals surface area contributed by atoms with Crippen LogP contribution in [0.25, 0.3) is 0 Å². The second-order valence-electron chi connectivity index (χ2n) is 5.35. The summed E-state index contributed by atoms with van der Waals surface area (Å²) in [6.45, 7) is 1.96. The van der Waals surface area contributed by atoms with E-state index in [9.17, 15) is 23.5 Å². The third-order valence-corrected chi connectivity index (χ3v) is 3.66. The summed E-state index contributed by atoms with van der Waals surface area (Å²) < 4.78 is 27.0. The van der Waals surface area contributed by atoms with Gasteiger partial charge in [0.2, 0.25) is 11.8 Å². The van der Waals surface area contributed by atoms with Crippen LogP contribution < -0.4 is 10.6 Å². The second-order valence-corrected chi connectivity index (χ2v) is 5.35. The highest BCUT2D eigenvalue weighted by molar-refractivity contribution is 5.95. The molecule has 23 heavy (non-hydrogen) atoms. The molecule has 2 atom stereocenters. The van der Waals surface area contributed by atoms with Crippen molar-refractivity contribution in [3.63, 3.8) is 0 Å². The minimum atomic E-state index is -0.881. The van der Waals surface area contributed by atoms with Crippen LogP contribution in [-0.2, 0) is 9.59 Å². The van der Waals surface area contributed by atoms with Crippen LogP contribution in [0.1, 0.15) is 13.3 Å². The Morgan fingerprint density at radius 2 is 2.04 bits per heavy atom. The average molecular weight is 327 g/mol. The molecule has 1 saturated heterocycles. The summed E-state index contributed by atoms with van der Waals surface area (Å²) in [4.78, 5) is 25.5. The molecule has 1 aromatic rings. The van der Waals surface area contributed by atoms with E-state index in [1.54, 1.807) is 6.92 Å². The lowest BCUT2D eigenvalue weighted by molar-refractivity contribution is -0.136. The molecule has 126 valence electrons. The van der Waals surface area contributed by atoms with Gasteiger partial charge in [-0.15, -0.1) is 0 Å². The highest BCUT2D eigenvalue weighted by atomic mass is 19.1. The van der Waals surface area contributed by atoms with Gasteiger partial charge in [0.1, 0.15) is 17.3 Å². The number of carbonyl (C=O) groups is 2. The number of nitrogens with one attached hydrogen (secondary N) is 2. The van der Waals surface area contributed by atoms with Crippen LogP contribution >= 0.6 is 0 Å². The van der Waals surface area contributed by atoms with Crippen LogP contribution in [-0.4, -0.2) is 53.6 Å². The van der Waals surface area contributed by atoms with Crippen molar-refractivity contribution in [2.45, 2.75) is 25.5 Å². The summed E-state index contributed by atoms with van der Waals surface area (Å²) in [7, 11) is 0. The number of halogens is 2. The highest BCUT2D eigenvalue weighted by Crippen LogP contribution is 2.18. The van der Waals surface area contributed by atoms with E-state index in [0.29, 0.717) is 6.54 Å². The molecule has 0 aliphatic carbocycles. The van der Waals surface area contributed by atoms with Crippen molar-refractivity contribution >= 4 is 17.5 Å². The molecule has 3 N–H and O–H groups in total. The summed E-state index contributed by atoms with van der Waals surface area (Å²) in [6, 6.07) is 2.71. The second kappa shape index (κ2) is 7.47. The molecule has 0 spiro atoms. The van der Waals surface area contributed by atoms with Crippen LogP contribution in [0.2, 0.25) is 0 Å². The number of β-amino-alcohol motifs (C(OH)–C–C–N with tert-alkyl or cyclic N) is 1. The number of carbonyl (C=O) groups excluding carboxylic acids is 2. The van der Waals surface area contributed by atoms with Crippen molar-refractivity contribution in [2.24, 2.45) is 0 Å². The Balaban J connectivity index is 1.98. The van der Waals surface area contributed by atoms with Gasteiger partial charge in [0, 0.05) is 13.1 Å². The molecule has 1 aromatic carbocycles. The van der Waals surface area contributed by atoms with Crippen LogP contribution in [0.3, 0.4) is 0 Å². The van der Waals surface area contributed by atoms with Crippen molar-refractivity contribution in [1.82, 2.24) is 10.2 Å². The Kier molecular flexibility index (Phi) is 5.62. The van der Waals surface area contributed by atoms with Crippen molar-refractivity contribution < 1.29 is 23.5 Å². The largest absolute Gasteiger partial charge is 0.392 e. The maximum Gasteiger partial charge on any atom is 0.244 e. The number of benzene rings is 1. The highest BCUT2D eigenvalue weighted by Gasteiger charge is 2.31. The first kappa shape index (κ1) is 17.3. The molecule has 2 rings (SSSR count). The van der Waals surface area contributed by atoms with Crippen molar-refractivity contribution in [1.29, 1.82) is 0 Å². The Labute approximate surface area is 132 Å². The number of rotatable bonds is 5. The van der Waals surface area contributed by atoms with Crippen molar-refractivity contribution in [3.8, 4) is 0 Å². The molecule has 8 heteroatoms. The fourth-order valence-electron chi connectivity index (χ4n) is 2.44. The van der Waals surface area contributed by atoms with E-state index in [-0.39, 0.29) is 25.4 Å². The maximum atomic E-state index is 13.5. The third-order valence-electron chi connectivity index (χ3n) is 3.66. The smallest absolute Gasteiger partial charge is 0.244 e. The van der Waals surface area contributed by atoms with Crippen molar-refractivity contribution in [3.05, 3.63) is 29.8 Å². The van der Waals surface area contributed by atoms with Gasteiger partial charge in [-0.2, -0.15) is 0 Å². The molecule has 0 bridgehead atoms. The zero-order valence-corrected chi connectivity index (χ0v) is 12.7. The lowest BCUT2D eigenvalue weighted by atomic mass is 10.2. The number of likely N-dealkylation sites (N-methyl/N-ethyl adjacent to an activating group) is 1. The van der Waals surface area contributed by atoms with Crippen LogP contribution in [0.5, 0.6) is 0 Å². The van der Waals surface area contributed by atoms with Crippen LogP contribution in [0, 0.1) is 11.6 Å². The molecule has 1 aliphatic rings. The zero-order valence-electron chi connectivity index (χ0n) is 12.7. The first-order valence-corrected chi connectivity index (χ1v) is 7.36. The third kappa shape index (κ3) is 4.23. The molecular formula is C15H19F2N3O3. The van der Waals surface area contributed by atoms with E-state index < -0.39 is 35.4 Å². The van der Waals surface area contributed by atoms with Crippen LogP contribution in [0.15, 0.2) is 18.2 Å². The van der Waals surface area contributed by atoms with E-state index in [1.807, 2.05) is 0 Å². The number of amides is 2. The van der Waals surface area contributed by atoms with E-state index >= 15 is 0 Å². The van der Waals surface area contributed by atoms with E-state index in [1.165, 1.54) is 11.0 Å². The standard InChI is InChI=1S/C15H19F2N3O3/c1-2-20(15(23)12-6-9(21)7-18-12)8-13(22)19-14-10(16)4-3-5-11(14)17/h3-5,9,12,18,21H,2,6-8H2,1H3,(H,19,22). The first-order chi connectivity index (χ1) is 10.9. The van der Waals surface area contributed by atoms with Gasteiger partial charge in [-0.05, 0) is 25.5 Å². The SMILES string of the molecule is CCN(CC(=O)Nc1c(F)cccc1F)C(=O)C1CC(O)CN1. The van der Waals surface area contributed by atoms with E-state index in [0.717, 1.165) is 12.1 Å². The van der Waals surface area contributed by atoms with Gasteiger partial charge in [-0.1, -0.05) is 6.07 Å². The lowest BCUT2D eigenvalue weighted by Crippen LogP contribution is -2.46. The van der Waals surface area contributed by atoms with E-state index in [2.05, 4.69) is 10.6 Å². The first-order valence-electron chi connectivity index (χ1n) is 7.36. The number of anilines is 1. The number of aliphatic hydroxyl groups excluding tert-OH is 1. The number of hydrogen-bond donors (Lipinski definition) is 3. The Morgan fingerprint density at radius 1 is 1.39 bits per heavy atom. The number of para-hydroxylation sites is 1. The summed E-state index contributed by atoms with van der Waals surface area (Å²) in [5.41, 5.74) is -0.532. The minimum absolute atomic E-state index is 0.264. The number of nitrogens with zero attached hydrogens (tertiary/aromatic N) is 1.